The van der Waals surface area contributed by atoms with Gasteiger partial charge in [0.15, 0.2) is 11.6 Å². The smallest absolute Gasteiger partial charge is 0.269 e. The van der Waals surface area contributed by atoms with Crippen LogP contribution in [0.4, 0.5) is 8.78 Å². The number of carbonyl (C=O) groups excluding carboxylic acids is 1. The molecule has 1 unspecified atom stereocenters. The molecule has 31 heavy (non-hydrogen) atoms. The average molecular weight is 492 g/mol. The van der Waals surface area contributed by atoms with Crippen LogP contribution in [0.1, 0.15) is 28.5 Å². The zero-order valence-corrected chi connectivity index (χ0v) is 18.4. The first-order valence-corrected chi connectivity index (χ1v) is 10.1. The quantitative estimate of drug-likeness (QED) is 0.508. The Labute approximate surface area is 185 Å². The molecule has 0 saturated heterocycles. The fraction of sp³-hybridized carbons (Fsp3) is 0.182. The fourth-order valence-corrected chi connectivity index (χ4v) is 3.31. The number of pyridine rings is 1. The predicted molar refractivity (Wildman–Crippen MR) is 116 cm³/mol. The van der Waals surface area contributed by atoms with E-state index in [2.05, 4.69) is 21.2 Å². The van der Waals surface area contributed by atoms with Gasteiger partial charge in [0, 0.05) is 23.4 Å². The van der Waals surface area contributed by atoms with E-state index < -0.39 is 17.8 Å². The Bertz CT molecular complexity index is 1180. The van der Waals surface area contributed by atoms with Crippen molar-refractivity contribution in [3.63, 3.8) is 0 Å². The van der Waals surface area contributed by atoms with E-state index in [-0.39, 0.29) is 34.0 Å². The number of aryl methyl sites for hydroxylation is 1. The minimum atomic E-state index is -0.873. The van der Waals surface area contributed by atoms with Crippen LogP contribution >= 0.6 is 15.9 Å². The summed E-state index contributed by atoms with van der Waals surface area (Å²) in [4.78, 5) is 24.8. The number of amides is 1. The zero-order valence-electron chi connectivity index (χ0n) is 16.8. The van der Waals surface area contributed by atoms with Gasteiger partial charge < -0.3 is 20.4 Å². The number of hydrogen-bond donors (Lipinski definition) is 2. The minimum Gasteiger partial charge on any atom is -0.453 e. The summed E-state index contributed by atoms with van der Waals surface area (Å²) in [6.07, 6.45) is -0.463. The Hall–Kier alpha value is -3.04. The summed E-state index contributed by atoms with van der Waals surface area (Å²) in [7, 11) is 0. The Kier molecular flexibility index (Phi) is 6.87. The first-order chi connectivity index (χ1) is 14.7. The van der Waals surface area contributed by atoms with Crippen LogP contribution in [0.2, 0.25) is 0 Å². The SMILES string of the molecule is Cc1cc(Oc2ccc(F)cc2F)c(Br)c(=O)n1Cc1ccc(C(=O)NC(C)N)cc1. The van der Waals surface area contributed by atoms with Gasteiger partial charge in [0.05, 0.1) is 12.7 Å². The van der Waals surface area contributed by atoms with Crippen molar-refractivity contribution in [3.05, 3.63) is 91.8 Å². The van der Waals surface area contributed by atoms with Crippen molar-refractivity contribution in [1.29, 1.82) is 0 Å². The second kappa shape index (κ2) is 9.40. The van der Waals surface area contributed by atoms with Gasteiger partial charge in [-0.05, 0) is 59.6 Å². The number of aromatic nitrogens is 1. The van der Waals surface area contributed by atoms with E-state index >= 15 is 0 Å². The molecule has 1 atom stereocenters. The topological polar surface area (TPSA) is 86.3 Å². The van der Waals surface area contributed by atoms with Crippen LogP contribution in [0.15, 0.2) is 57.8 Å². The maximum Gasteiger partial charge on any atom is 0.269 e. The first-order valence-electron chi connectivity index (χ1n) is 9.34. The van der Waals surface area contributed by atoms with Crippen LogP contribution in [-0.2, 0) is 6.54 Å². The van der Waals surface area contributed by atoms with Crippen molar-refractivity contribution < 1.29 is 18.3 Å². The normalized spacial score (nSPS) is 11.8. The van der Waals surface area contributed by atoms with Crippen molar-refractivity contribution in [2.75, 3.05) is 0 Å². The average Bonchev–Trinajstić information content (AvgIpc) is 2.71. The van der Waals surface area contributed by atoms with Crippen LogP contribution < -0.4 is 21.3 Å². The van der Waals surface area contributed by atoms with Gasteiger partial charge in [-0.15, -0.1) is 0 Å². The lowest BCUT2D eigenvalue weighted by Gasteiger charge is -2.15. The van der Waals surface area contributed by atoms with Crippen molar-refractivity contribution in [1.82, 2.24) is 9.88 Å². The largest absolute Gasteiger partial charge is 0.453 e. The molecule has 0 radical (unpaired) electrons. The third kappa shape index (κ3) is 5.36. The summed E-state index contributed by atoms with van der Waals surface area (Å²) in [5, 5.41) is 2.60. The maximum atomic E-state index is 13.9. The van der Waals surface area contributed by atoms with Crippen molar-refractivity contribution in [2.45, 2.75) is 26.6 Å². The molecule has 2 aromatic carbocycles. The van der Waals surface area contributed by atoms with Crippen molar-refractivity contribution in [3.8, 4) is 11.5 Å². The predicted octanol–water partition coefficient (Wildman–Crippen LogP) is 4.07. The highest BCUT2D eigenvalue weighted by molar-refractivity contribution is 9.10. The van der Waals surface area contributed by atoms with Crippen molar-refractivity contribution >= 4 is 21.8 Å². The van der Waals surface area contributed by atoms with Crippen LogP contribution in [0.5, 0.6) is 11.5 Å². The number of benzene rings is 2. The summed E-state index contributed by atoms with van der Waals surface area (Å²) < 4.78 is 34.1. The molecule has 3 aromatic rings. The Morgan fingerprint density at radius 1 is 1.16 bits per heavy atom. The lowest BCUT2D eigenvalue weighted by atomic mass is 10.1. The number of nitrogens with zero attached hydrogens (tertiary/aromatic N) is 1. The lowest BCUT2D eigenvalue weighted by Crippen LogP contribution is -2.38. The molecule has 1 aromatic heterocycles. The Morgan fingerprint density at radius 3 is 2.45 bits per heavy atom. The third-order valence-electron chi connectivity index (χ3n) is 4.44. The number of rotatable bonds is 6. The molecular formula is C22H20BrF2N3O3. The molecule has 0 aliphatic carbocycles. The van der Waals surface area contributed by atoms with Gasteiger partial charge in [0.2, 0.25) is 0 Å². The number of hydrogen-bond acceptors (Lipinski definition) is 4. The van der Waals surface area contributed by atoms with Gasteiger partial charge in [-0.3, -0.25) is 9.59 Å². The summed E-state index contributed by atoms with van der Waals surface area (Å²) in [5.41, 5.74) is 7.01. The number of nitrogens with one attached hydrogen (secondary N) is 1. The fourth-order valence-electron chi connectivity index (χ4n) is 2.90. The standard InChI is InChI=1S/C22H20BrF2N3O3/c1-12-9-19(31-18-8-7-16(24)10-17(18)25)20(23)22(30)28(12)11-14-3-5-15(6-4-14)21(29)27-13(2)26/h3-10,13H,11,26H2,1-2H3,(H,27,29). The molecule has 0 bridgehead atoms. The first kappa shape index (κ1) is 22.6. The Balaban J connectivity index is 1.84. The number of ether oxygens (including phenoxy) is 1. The molecule has 0 aliphatic rings. The monoisotopic (exact) mass is 491 g/mol. The van der Waals surface area contributed by atoms with E-state index in [0.29, 0.717) is 17.3 Å². The van der Waals surface area contributed by atoms with Crippen LogP contribution in [0, 0.1) is 18.6 Å². The van der Waals surface area contributed by atoms with Crippen LogP contribution in [-0.4, -0.2) is 16.6 Å². The molecule has 0 saturated carbocycles. The van der Waals surface area contributed by atoms with E-state index in [4.69, 9.17) is 10.5 Å². The van der Waals surface area contributed by atoms with E-state index in [1.54, 1.807) is 44.2 Å². The van der Waals surface area contributed by atoms with Crippen LogP contribution in [0.3, 0.4) is 0 Å². The molecule has 0 spiro atoms. The highest BCUT2D eigenvalue weighted by atomic mass is 79.9. The zero-order chi connectivity index (χ0) is 22.7. The molecule has 1 heterocycles. The second-order valence-corrected chi connectivity index (χ2v) is 7.78. The summed E-state index contributed by atoms with van der Waals surface area (Å²) in [6, 6.07) is 11.3. The molecule has 3 N–H and O–H groups in total. The molecule has 6 nitrogen and oxygen atoms in total. The number of carbonyl (C=O) groups is 1. The molecule has 0 aliphatic heterocycles. The summed E-state index contributed by atoms with van der Waals surface area (Å²) in [5.74, 6) is -1.96. The summed E-state index contributed by atoms with van der Waals surface area (Å²) >= 11 is 3.21. The van der Waals surface area contributed by atoms with E-state index in [1.165, 1.54) is 4.57 Å². The molecule has 1 amide bonds. The van der Waals surface area contributed by atoms with Crippen LogP contribution in [0.25, 0.3) is 0 Å². The Morgan fingerprint density at radius 2 is 1.84 bits per heavy atom. The van der Waals surface area contributed by atoms with E-state index in [1.807, 2.05) is 0 Å². The molecule has 0 fully saturated rings. The molecular weight excluding hydrogens is 472 g/mol. The number of halogens is 3. The van der Waals surface area contributed by atoms with Gasteiger partial charge in [-0.25, -0.2) is 8.78 Å². The van der Waals surface area contributed by atoms with E-state index in [0.717, 1.165) is 17.7 Å². The lowest BCUT2D eigenvalue weighted by molar-refractivity contribution is 0.0941. The van der Waals surface area contributed by atoms with Gasteiger partial charge in [0.1, 0.15) is 16.0 Å². The number of nitrogens with two attached hydrogens (primary N) is 1. The molecule has 3 rings (SSSR count). The van der Waals surface area contributed by atoms with Gasteiger partial charge in [-0.1, -0.05) is 12.1 Å². The highest BCUT2D eigenvalue weighted by Crippen LogP contribution is 2.30. The third-order valence-corrected chi connectivity index (χ3v) is 5.17. The van der Waals surface area contributed by atoms with Gasteiger partial charge >= 0.3 is 0 Å². The highest BCUT2D eigenvalue weighted by Gasteiger charge is 2.15. The molecule has 162 valence electrons. The minimum absolute atomic E-state index is 0.106. The van der Waals surface area contributed by atoms with E-state index in [9.17, 15) is 18.4 Å². The second-order valence-electron chi connectivity index (χ2n) is 6.99. The van der Waals surface area contributed by atoms with Gasteiger partial charge in [0.25, 0.3) is 11.5 Å². The summed E-state index contributed by atoms with van der Waals surface area (Å²) in [6.45, 7) is 3.63. The maximum absolute atomic E-state index is 13.9. The molecule has 9 heteroatoms. The van der Waals surface area contributed by atoms with Crippen molar-refractivity contribution in [2.24, 2.45) is 5.73 Å². The van der Waals surface area contributed by atoms with Gasteiger partial charge in [-0.2, -0.15) is 0 Å².